The zero-order valence-electron chi connectivity index (χ0n) is 22.5. The standard InChI is InChI=1S/C34H25F5N2O/c1-2-3-4-5-22-20-40-33(41-21-22)24-6-12-27(13-7-24)34(38,39)42-28-14-8-23(9-15-28)25-10-16-29(31(36)18-25)26-11-17-30(35)32(37)19-26/h2-3,6-21H,4-5H2,1H3. The monoisotopic (exact) mass is 572 g/mol. The van der Waals surface area contributed by atoms with Crippen LogP contribution in [0.4, 0.5) is 22.0 Å². The topological polar surface area (TPSA) is 35.0 Å². The summed E-state index contributed by atoms with van der Waals surface area (Å²) in [7, 11) is 0. The number of aryl methyl sites for hydroxylation is 1. The Morgan fingerprint density at radius 1 is 0.690 bits per heavy atom. The molecule has 8 heteroatoms. The van der Waals surface area contributed by atoms with Crippen LogP contribution in [0.2, 0.25) is 0 Å². The molecule has 0 bridgehead atoms. The first-order valence-electron chi connectivity index (χ1n) is 13.2. The molecule has 5 aromatic rings. The molecule has 1 aromatic heterocycles. The van der Waals surface area contributed by atoms with E-state index >= 15 is 0 Å². The Bertz CT molecular complexity index is 1700. The Morgan fingerprint density at radius 2 is 1.31 bits per heavy atom. The second kappa shape index (κ2) is 12.3. The first-order chi connectivity index (χ1) is 20.2. The maximum absolute atomic E-state index is 15.0. The van der Waals surface area contributed by atoms with Crippen LogP contribution in [0.1, 0.15) is 24.5 Å². The van der Waals surface area contributed by atoms with Crippen molar-refractivity contribution in [1.82, 2.24) is 9.97 Å². The largest absolute Gasteiger partial charge is 0.429 e. The van der Waals surface area contributed by atoms with Gasteiger partial charge in [-0.1, -0.05) is 54.6 Å². The van der Waals surface area contributed by atoms with Crippen LogP contribution < -0.4 is 4.74 Å². The molecule has 42 heavy (non-hydrogen) atoms. The number of hydrogen-bond acceptors (Lipinski definition) is 3. The predicted octanol–water partition coefficient (Wildman–Crippen LogP) is 9.53. The van der Waals surface area contributed by atoms with Crippen molar-refractivity contribution >= 4 is 0 Å². The molecular weight excluding hydrogens is 547 g/mol. The van der Waals surface area contributed by atoms with E-state index in [0.717, 1.165) is 30.5 Å². The van der Waals surface area contributed by atoms with Gasteiger partial charge in [0.2, 0.25) is 0 Å². The summed E-state index contributed by atoms with van der Waals surface area (Å²) in [6.45, 7) is 1.96. The average Bonchev–Trinajstić information content (AvgIpc) is 2.99. The van der Waals surface area contributed by atoms with Crippen molar-refractivity contribution in [2.75, 3.05) is 0 Å². The third-order valence-electron chi connectivity index (χ3n) is 6.65. The van der Waals surface area contributed by atoms with Crippen molar-refractivity contribution in [3.05, 3.63) is 138 Å². The average molecular weight is 573 g/mol. The Labute approximate surface area is 240 Å². The van der Waals surface area contributed by atoms with Gasteiger partial charge in [0.1, 0.15) is 11.6 Å². The lowest BCUT2D eigenvalue weighted by Gasteiger charge is -2.19. The van der Waals surface area contributed by atoms with Crippen LogP contribution in [0.5, 0.6) is 5.75 Å². The van der Waals surface area contributed by atoms with Crippen LogP contribution in [0.25, 0.3) is 33.6 Å². The SMILES string of the molecule is CC=CCCc1cnc(-c2ccc(C(F)(F)Oc3ccc(-c4ccc(-c5ccc(F)c(F)c5)c(F)c4)cc3)cc2)nc1. The summed E-state index contributed by atoms with van der Waals surface area (Å²) in [6.07, 6.45) is 5.60. The van der Waals surface area contributed by atoms with Gasteiger partial charge in [0.15, 0.2) is 17.5 Å². The van der Waals surface area contributed by atoms with Crippen molar-refractivity contribution < 1.29 is 26.7 Å². The Balaban J connectivity index is 1.25. The molecule has 5 rings (SSSR count). The predicted molar refractivity (Wildman–Crippen MR) is 152 cm³/mol. The van der Waals surface area contributed by atoms with E-state index < -0.39 is 23.6 Å². The van der Waals surface area contributed by atoms with Crippen molar-refractivity contribution in [2.24, 2.45) is 0 Å². The minimum Gasteiger partial charge on any atom is -0.429 e. The smallest absolute Gasteiger partial charge is 0.426 e. The van der Waals surface area contributed by atoms with E-state index in [-0.39, 0.29) is 22.4 Å². The minimum atomic E-state index is -3.62. The summed E-state index contributed by atoms with van der Waals surface area (Å²) in [5, 5.41) is 0. The van der Waals surface area contributed by atoms with Gasteiger partial charge in [0.25, 0.3) is 0 Å². The molecule has 0 radical (unpaired) electrons. The number of allylic oxidation sites excluding steroid dienone is 2. The Kier molecular flexibility index (Phi) is 8.43. The first-order valence-corrected chi connectivity index (χ1v) is 13.2. The van der Waals surface area contributed by atoms with Gasteiger partial charge in [0, 0.05) is 23.5 Å². The summed E-state index contributed by atoms with van der Waals surface area (Å²) in [4.78, 5) is 8.69. The second-order valence-electron chi connectivity index (χ2n) is 9.57. The lowest BCUT2D eigenvalue weighted by atomic mass is 9.99. The van der Waals surface area contributed by atoms with Gasteiger partial charge in [-0.3, -0.25) is 0 Å². The second-order valence-corrected chi connectivity index (χ2v) is 9.57. The molecule has 0 aliphatic heterocycles. The number of ether oxygens (including phenoxy) is 1. The molecule has 0 saturated heterocycles. The lowest BCUT2D eigenvalue weighted by Crippen LogP contribution is -2.21. The van der Waals surface area contributed by atoms with Crippen LogP contribution in [-0.4, -0.2) is 9.97 Å². The summed E-state index contributed by atoms with van der Waals surface area (Å²) in [5.41, 5.74) is 2.57. The van der Waals surface area contributed by atoms with E-state index in [1.54, 1.807) is 18.5 Å². The fourth-order valence-electron chi connectivity index (χ4n) is 4.38. The van der Waals surface area contributed by atoms with Crippen molar-refractivity contribution in [3.63, 3.8) is 0 Å². The molecule has 0 atom stereocenters. The molecule has 0 aliphatic rings. The van der Waals surface area contributed by atoms with Crippen LogP contribution in [-0.2, 0) is 12.5 Å². The Morgan fingerprint density at radius 3 is 1.95 bits per heavy atom. The maximum Gasteiger partial charge on any atom is 0.426 e. The van der Waals surface area contributed by atoms with Crippen molar-refractivity contribution in [2.45, 2.75) is 25.9 Å². The van der Waals surface area contributed by atoms with Crippen LogP contribution in [0.3, 0.4) is 0 Å². The zero-order chi connectivity index (χ0) is 29.7. The normalized spacial score (nSPS) is 11.7. The highest BCUT2D eigenvalue weighted by atomic mass is 19.3. The van der Waals surface area contributed by atoms with Crippen LogP contribution in [0, 0.1) is 17.5 Å². The van der Waals surface area contributed by atoms with Gasteiger partial charge >= 0.3 is 6.11 Å². The van der Waals surface area contributed by atoms with Crippen molar-refractivity contribution in [3.8, 4) is 39.4 Å². The van der Waals surface area contributed by atoms with Gasteiger partial charge in [-0.05, 0) is 84.5 Å². The number of hydrogen-bond donors (Lipinski definition) is 0. The third kappa shape index (κ3) is 6.54. The Hall–Kier alpha value is -4.85. The fourth-order valence-corrected chi connectivity index (χ4v) is 4.38. The molecule has 0 saturated carbocycles. The quantitative estimate of drug-likeness (QED) is 0.130. The molecule has 0 fully saturated rings. The molecule has 0 aliphatic carbocycles. The number of rotatable bonds is 9. The highest BCUT2D eigenvalue weighted by molar-refractivity contribution is 5.71. The molecule has 212 valence electrons. The van der Waals surface area contributed by atoms with E-state index in [1.807, 2.05) is 13.0 Å². The molecule has 3 nitrogen and oxygen atoms in total. The van der Waals surface area contributed by atoms with Gasteiger partial charge < -0.3 is 4.74 Å². The number of benzene rings is 4. The fraction of sp³-hybridized carbons (Fsp3) is 0.118. The number of aromatic nitrogens is 2. The zero-order valence-corrected chi connectivity index (χ0v) is 22.5. The molecular formula is C34H25F5N2O. The summed E-state index contributed by atoms with van der Waals surface area (Å²) < 4.78 is 76.5. The van der Waals surface area contributed by atoms with E-state index in [9.17, 15) is 22.0 Å². The molecule has 0 spiro atoms. The highest BCUT2D eigenvalue weighted by Gasteiger charge is 2.34. The van der Waals surface area contributed by atoms with E-state index in [0.29, 0.717) is 22.5 Å². The van der Waals surface area contributed by atoms with Gasteiger partial charge in [0.05, 0.1) is 5.56 Å². The third-order valence-corrected chi connectivity index (χ3v) is 6.65. The minimum absolute atomic E-state index is 0.0800. The van der Waals surface area contributed by atoms with Gasteiger partial charge in [-0.15, -0.1) is 0 Å². The number of alkyl halides is 2. The molecule has 0 N–H and O–H groups in total. The maximum atomic E-state index is 15.0. The van der Waals surface area contributed by atoms with E-state index in [4.69, 9.17) is 4.74 Å². The molecule has 0 unspecified atom stereocenters. The summed E-state index contributed by atoms with van der Waals surface area (Å²) in [6, 6.07) is 18.8. The highest BCUT2D eigenvalue weighted by Crippen LogP contribution is 2.34. The molecule has 1 heterocycles. The summed E-state index contributed by atoms with van der Waals surface area (Å²) in [5.74, 6) is -2.38. The summed E-state index contributed by atoms with van der Waals surface area (Å²) >= 11 is 0. The molecule has 0 amide bonds. The number of nitrogens with zero attached hydrogens (tertiary/aromatic N) is 2. The first kappa shape index (κ1) is 28.7. The van der Waals surface area contributed by atoms with Gasteiger partial charge in [-0.2, -0.15) is 8.78 Å². The van der Waals surface area contributed by atoms with E-state index in [1.165, 1.54) is 66.7 Å². The molecule has 4 aromatic carbocycles. The number of halogens is 5. The van der Waals surface area contributed by atoms with Crippen molar-refractivity contribution in [1.29, 1.82) is 0 Å². The van der Waals surface area contributed by atoms with E-state index in [2.05, 4.69) is 16.0 Å². The van der Waals surface area contributed by atoms with Crippen LogP contribution >= 0.6 is 0 Å². The van der Waals surface area contributed by atoms with Gasteiger partial charge in [-0.25, -0.2) is 23.1 Å². The lowest BCUT2D eigenvalue weighted by molar-refractivity contribution is -0.185. The van der Waals surface area contributed by atoms with Crippen LogP contribution in [0.15, 0.2) is 109 Å².